The molecular formula is C40H42ClN7O6. The second kappa shape index (κ2) is 13.7. The van der Waals surface area contributed by atoms with E-state index < -0.39 is 11.9 Å². The smallest absolute Gasteiger partial charge is 0.255 e. The van der Waals surface area contributed by atoms with Gasteiger partial charge in [0.05, 0.1) is 6.10 Å². The zero-order valence-corrected chi connectivity index (χ0v) is 30.6. The lowest BCUT2D eigenvalue weighted by atomic mass is 9.72. The number of nitrogens with zero attached hydrogens (tertiary/aromatic N) is 5. The van der Waals surface area contributed by atoms with E-state index in [9.17, 15) is 24.0 Å². The number of hydrogen-bond acceptors (Lipinski definition) is 9. The number of ether oxygens (including phenoxy) is 1. The van der Waals surface area contributed by atoms with Crippen molar-refractivity contribution < 1.29 is 28.7 Å². The van der Waals surface area contributed by atoms with E-state index in [4.69, 9.17) is 16.3 Å². The van der Waals surface area contributed by atoms with Gasteiger partial charge in [0.15, 0.2) is 0 Å². The molecular weight excluding hydrogens is 710 g/mol. The van der Waals surface area contributed by atoms with Crippen LogP contribution in [0.25, 0.3) is 0 Å². The summed E-state index contributed by atoms with van der Waals surface area (Å²) >= 11 is 6.77. The van der Waals surface area contributed by atoms with Gasteiger partial charge in [0.1, 0.15) is 25.0 Å². The predicted molar refractivity (Wildman–Crippen MR) is 200 cm³/mol. The van der Waals surface area contributed by atoms with Crippen LogP contribution in [0.5, 0.6) is 0 Å². The van der Waals surface area contributed by atoms with Crippen LogP contribution < -0.4 is 20.4 Å². The molecule has 54 heavy (non-hydrogen) atoms. The second-order valence-electron chi connectivity index (χ2n) is 15.3. The molecule has 3 aromatic rings. The predicted octanol–water partition coefficient (Wildman–Crippen LogP) is 3.48. The molecule has 1 aliphatic carbocycles. The first kappa shape index (κ1) is 34.7. The van der Waals surface area contributed by atoms with Crippen molar-refractivity contribution in [3.63, 3.8) is 0 Å². The summed E-state index contributed by atoms with van der Waals surface area (Å²) in [6.07, 6.45) is 5.84. The molecule has 2 atom stereocenters. The van der Waals surface area contributed by atoms with Gasteiger partial charge in [0.2, 0.25) is 23.6 Å². The van der Waals surface area contributed by atoms with Gasteiger partial charge in [-0.3, -0.25) is 29.3 Å². The fourth-order valence-electron chi connectivity index (χ4n) is 9.13. The fourth-order valence-corrected chi connectivity index (χ4v) is 9.44. The molecule has 0 radical (unpaired) electrons. The highest BCUT2D eigenvalue weighted by Gasteiger charge is 2.53. The summed E-state index contributed by atoms with van der Waals surface area (Å²) in [6.45, 7) is 3.19. The molecule has 5 aliphatic heterocycles. The third kappa shape index (κ3) is 6.07. The molecule has 5 amide bonds. The summed E-state index contributed by atoms with van der Waals surface area (Å²) in [5, 5.41) is 6.53. The molecule has 13 nitrogen and oxygen atoms in total. The number of benzene rings is 2. The lowest BCUT2D eigenvalue weighted by molar-refractivity contribution is -0.142. The molecule has 0 spiro atoms. The van der Waals surface area contributed by atoms with Crippen LogP contribution in [-0.4, -0.2) is 102 Å². The van der Waals surface area contributed by atoms with Gasteiger partial charge in [-0.1, -0.05) is 29.8 Å². The molecule has 4 fully saturated rings. The largest absolute Gasteiger partial charge is 0.371 e. The Bertz CT molecular complexity index is 2070. The number of pyridine rings is 1. The number of imide groups is 1. The molecule has 14 heteroatoms. The van der Waals surface area contributed by atoms with Crippen LogP contribution in [-0.2, 0) is 35.9 Å². The van der Waals surface area contributed by atoms with Crippen LogP contribution in [0.3, 0.4) is 0 Å². The van der Waals surface area contributed by atoms with Crippen LogP contribution in [0.1, 0.15) is 65.6 Å². The van der Waals surface area contributed by atoms with Gasteiger partial charge in [-0.25, -0.2) is 4.98 Å². The van der Waals surface area contributed by atoms with Crippen molar-refractivity contribution in [2.45, 2.75) is 62.6 Å². The van der Waals surface area contributed by atoms with E-state index in [1.165, 1.54) is 0 Å². The Morgan fingerprint density at radius 3 is 2.54 bits per heavy atom. The van der Waals surface area contributed by atoms with Gasteiger partial charge in [0.25, 0.3) is 5.91 Å². The van der Waals surface area contributed by atoms with E-state index in [0.29, 0.717) is 75.0 Å². The summed E-state index contributed by atoms with van der Waals surface area (Å²) in [7, 11) is 0. The van der Waals surface area contributed by atoms with Gasteiger partial charge in [-0.05, 0) is 79.5 Å². The molecule has 1 saturated carbocycles. The van der Waals surface area contributed by atoms with Crippen molar-refractivity contribution in [1.29, 1.82) is 0 Å². The third-order valence-corrected chi connectivity index (χ3v) is 12.5. The summed E-state index contributed by atoms with van der Waals surface area (Å²) < 4.78 is 6.08. The standard InChI is InChI=1S/C40H42ClN7O6/c41-31-10-13-42-37-36(31)40(23-43-37,25-5-6-25)26-2-1-3-28(18-26)47-17-16-46(21-34(47)50)35(51)22-54-29-11-14-45(15-12-29)27-7-4-24-20-48(39(53)30(24)19-27)32-8-9-33(49)44-38(32)52/h1-4,7,10,13,18-19,25,29,32H,5-6,8-9,11-12,14-17,20-23H2,(H,42,43)(H,44,49,52). The minimum Gasteiger partial charge on any atom is -0.371 e. The summed E-state index contributed by atoms with van der Waals surface area (Å²) in [6, 6.07) is 15.2. The highest BCUT2D eigenvalue weighted by Crippen LogP contribution is 2.57. The van der Waals surface area contributed by atoms with E-state index in [-0.39, 0.29) is 54.7 Å². The molecule has 9 rings (SSSR count). The van der Waals surface area contributed by atoms with Crippen LogP contribution in [0.4, 0.5) is 17.2 Å². The molecule has 280 valence electrons. The number of hydrogen-bond donors (Lipinski definition) is 2. The number of carbonyl (C=O) groups excluding carboxylic acids is 5. The summed E-state index contributed by atoms with van der Waals surface area (Å²) in [4.78, 5) is 75.8. The first-order valence-corrected chi connectivity index (χ1v) is 19.3. The Morgan fingerprint density at radius 2 is 1.76 bits per heavy atom. The van der Waals surface area contributed by atoms with E-state index in [1.807, 2.05) is 36.4 Å². The first-order chi connectivity index (χ1) is 26.2. The highest BCUT2D eigenvalue weighted by atomic mass is 35.5. The minimum absolute atomic E-state index is 0.00318. The molecule has 2 aromatic carbocycles. The topological polar surface area (TPSA) is 144 Å². The Morgan fingerprint density at radius 1 is 0.926 bits per heavy atom. The van der Waals surface area contributed by atoms with Crippen molar-refractivity contribution in [3.8, 4) is 0 Å². The van der Waals surface area contributed by atoms with Gasteiger partial charge in [-0.2, -0.15) is 0 Å². The minimum atomic E-state index is -0.641. The fraction of sp³-hybridized carbons (Fsp3) is 0.450. The Balaban J connectivity index is 0.774. The van der Waals surface area contributed by atoms with E-state index in [0.717, 1.165) is 46.7 Å². The van der Waals surface area contributed by atoms with Crippen molar-refractivity contribution in [2.24, 2.45) is 5.92 Å². The van der Waals surface area contributed by atoms with E-state index in [1.54, 1.807) is 20.9 Å². The lowest BCUT2D eigenvalue weighted by Gasteiger charge is -2.36. The quantitative estimate of drug-likeness (QED) is 0.331. The average Bonchev–Trinajstić information content (AvgIpc) is 3.88. The first-order valence-electron chi connectivity index (χ1n) is 18.9. The highest BCUT2D eigenvalue weighted by molar-refractivity contribution is 6.32. The van der Waals surface area contributed by atoms with Crippen molar-refractivity contribution >= 4 is 58.3 Å². The van der Waals surface area contributed by atoms with Crippen LogP contribution in [0, 0.1) is 5.92 Å². The lowest BCUT2D eigenvalue weighted by Crippen LogP contribution is -2.53. The molecule has 1 aromatic heterocycles. The van der Waals surface area contributed by atoms with Gasteiger partial charge < -0.3 is 29.7 Å². The van der Waals surface area contributed by atoms with Gasteiger partial charge in [-0.15, -0.1) is 0 Å². The number of piperazine rings is 1. The maximum atomic E-state index is 13.5. The molecule has 2 unspecified atom stereocenters. The van der Waals surface area contributed by atoms with Crippen LogP contribution >= 0.6 is 11.6 Å². The third-order valence-electron chi connectivity index (χ3n) is 12.2. The van der Waals surface area contributed by atoms with E-state index in [2.05, 4.69) is 32.7 Å². The van der Waals surface area contributed by atoms with Crippen molar-refractivity contribution in [2.75, 3.05) is 61.0 Å². The van der Waals surface area contributed by atoms with Crippen molar-refractivity contribution in [3.05, 3.63) is 82.0 Å². The molecule has 3 saturated heterocycles. The monoisotopic (exact) mass is 751 g/mol. The normalized spacial score (nSPS) is 24.4. The molecule has 2 N–H and O–H groups in total. The van der Waals surface area contributed by atoms with Gasteiger partial charge >= 0.3 is 0 Å². The van der Waals surface area contributed by atoms with Crippen LogP contribution in [0.15, 0.2) is 54.7 Å². The molecule has 0 bridgehead atoms. The number of amides is 5. The number of halogens is 1. The average molecular weight is 752 g/mol. The number of aromatic nitrogens is 1. The second-order valence-corrected chi connectivity index (χ2v) is 15.7. The Hall–Kier alpha value is -5.01. The number of anilines is 3. The number of rotatable bonds is 8. The van der Waals surface area contributed by atoms with Crippen LogP contribution in [0.2, 0.25) is 5.02 Å². The van der Waals surface area contributed by atoms with Gasteiger partial charge in [0, 0.05) is 84.8 Å². The number of carbonyl (C=O) groups is 5. The number of fused-ring (bicyclic) bond motifs is 2. The number of nitrogens with one attached hydrogen (secondary N) is 2. The number of piperidine rings is 2. The SMILES string of the molecule is O=C1CCC(N2Cc3ccc(N4CCC(OCC(=O)N5CCN(c6cccc(C7(C8CC8)CNc8nccc(Cl)c87)c6)C(=O)C5)CC4)cc3C2=O)C(=O)N1. The van der Waals surface area contributed by atoms with Crippen molar-refractivity contribution in [1.82, 2.24) is 20.1 Å². The zero-order chi connectivity index (χ0) is 37.1. The zero-order valence-electron chi connectivity index (χ0n) is 29.9. The maximum Gasteiger partial charge on any atom is 0.255 e. The molecule has 6 aliphatic rings. The van der Waals surface area contributed by atoms with E-state index >= 15 is 0 Å². The Labute approximate surface area is 317 Å². The summed E-state index contributed by atoms with van der Waals surface area (Å²) in [5.74, 6) is 0.0429. The Kier molecular flexibility index (Phi) is 8.80. The summed E-state index contributed by atoms with van der Waals surface area (Å²) in [5.41, 5.74) is 5.07. The maximum absolute atomic E-state index is 13.5. The molecule has 6 heterocycles.